The van der Waals surface area contributed by atoms with Crippen molar-refractivity contribution in [3.63, 3.8) is 0 Å². The molecule has 2 rings (SSSR count). The Labute approximate surface area is 185 Å². The first-order valence-electron chi connectivity index (χ1n) is 10.8. The molecule has 0 fully saturated rings. The fraction of sp³-hybridized carbons (Fsp3) is 0.440. The van der Waals surface area contributed by atoms with Crippen LogP contribution in [0, 0.1) is 6.92 Å². The monoisotopic (exact) mass is 426 g/mol. The van der Waals surface area contributed by atoms with Crippen LogP contribution in [0.25, 0.3) is 0 Å². The number of methoxy groups -OCH3 is 2. The second kappa shape index (κ2) is 12.0. The molecule has 31 heavy (non-hydrogen) atoms. The van der Waals surface area contributed by atoms with Gasteiger partial charge in [0.2, 0.25) is 11.8 Å². The number of hydrogen-bond acceptors (Lipinski definition) is 4. The van der Waals surface area contributed by atoms with Crippen molar-refractivity contribution in [1.82, 2.24) is 10.2 Å². The van der Waals surface area contributed by atoms with Crippen molar-refractivity contribution in [2.75, 3.05) is 20.8 Å². The van der Waals surface area contributed by atoms with Gasteiger partial charge in [-0.15, -0.1) is 0 Å². The molecule has 0 radical (unpaired) electrons. The fourth-order valence-electron chi connectivity index (χ4n) is 3.53. The van der Waals surface area contributed by atoms with Gasteiger partial charge in [-0.05, 0) is 49.9 Å². The molecule has 0 bridgehead atoms. The lowest BCUT2D eigenvalue weighted by molar-refractivity contribution is -0.141. The average Bonchev–Trinajstić information content (AvgIpc) is 2.78. The Morgan fingerprint density at radius 1 is 0.968 bits per heavy atom. The van der Waals surface area contributed by atoms with Crippen LogP contribution in [0.1, 0.15) is 43.4 Å². The number of nitrogens with zero attached hydrogens (tertiary/aromatic N) is 1. The standard InChI is InChI=1S/C25H34N2O4/c1-6-21(25(29)26-7-2)27(17-20-10-8-18(3)9-11-20)24(28)15-13-19-12-14-22(30-4)23(16-19)31-5/h8-12,14,16,21H,6-7,13,15,17H2,1-5H3,(H,26,29)/t21-/m1/s1. The number of amides is 2. The molecule has 1 atom stereocenters. The molecule has 1 N–H and O–H groups in total. The van der Waals surface area contributed by atoms with E-state index < -0.39 is 6.04 Å². The van der Waals surface area contributed by atoms with Crippen LogP contribution >= 0.6 is 0 Å². The van der Waals surface area contributed by atoms with E-state index in [4.69, 9.17) is 9.47 Å². The molecule has 0 saturated heterocycles. The van der Waals surface area contributed by atoms with Crippen molar-refractivity contribution in [2.45, 2.75) is 52.6 Å². The van der Waals surface area contributed by atoms with Crippen LogP contribution in [0.5, 0.6) is 11.5 Å². The van der Waals surface area contributed by atoms with Crippen molar-refractivity contribution < 1.29 is 19.1 Å². The van der Waals surface area contributed by atoms with Crippen LogP contribution < -0.4 is 14.8 Å². The molecule has 2 aromatic rings. The molecule has 0 heterocycles. The normalized spacial score (nSPS) is 11.5. The summed E-state index contributed by atoms with van der Waals surface area (Å²) in [5.41, 5.74) is 3.14. The molecular weight excluding hydrogens is 392 g/mol. The largest absolute Gasteiger partial charge is 0.493 e. The first-order chi connectivity index (χ1) is 14.9. The Morgan fingerprint density at radius 2 is 1.61 bits per heavy atom. The fourth-order valence-corrected chi connectivity index (χ4v) is 3.53. The van der Waals surface area contributed by atoms with E-state index in [0.29, 0.717) is 43.9 Å². The minimum atomic E-state index is -0.501. The highest BCUT2D eigenvalue weighted by Crippen LogP contribution is 2.28. The molecule has 0 unspecified atom stereocenters. The molecule has 0 saturated carbocycles. The van der Waals surface area contributed by atoms with E-state index in [2.05, 4.69) is 5.32 Å². The first-order valence-corrected chi connectivity index (χ1v) is 10.8. The molecule has 6 heteroatoms. The quantitative estimate of drug-likeness (QED) is 0.592. The summed E-state index contributed by atoms with van der Waals surface area (Å²) in [4.78, 5) is 27.6. The van der Waals surface area contributed by atoms with Crippen molar-refractivity contribution in [2.24, 2.45) is 0 Å². The molecule has 0 spiro atoms. The van der Waals surface area contributed by atoms with Gasteiger partial charge in [-0.3, -0.25) is 9.59 Å². The molecule has 0 aliphatic rings. The van der Waals surface area contributed by atoms with Gasteiger partial charge in [0.15, 0.2) is 11.5 Å². The van der Waals surface area contributed by atoms with Crippen molar-refractivity contribution in [3.05, 3.63) is 59.2 Å². The Morgan fingerprint density at radius 3 is 2.19 bits per heavy atom. The lowest BCUT2D eigenvalue weighted by atomic mass is 10.1. The zero-order chi connectivity index (χ0) is 22.8. The smallest absolute Gasteiger partial charge is 0.242 e. The number of benzene rings is 2. The topological polar surface area (TPSA) is 67.9 Å². The van der Waals surface area contributed by atoms with Gasteiger partial charge in [-0.25, -0.2) is 0 Å². The van der Waals surface area contributed by atoms with Gasteiger partial charge < -0.3 is 19.7 Å². The summed E-state index contributed by atoms with van der Waals surface area (Å²) in [6, 6.07) is 13.2. The van der Waals surface area contributed by atoms with E-state index in [-0.39, 0.29) is 11.8 Å². The van der Waals surface area contributed by atoms with Crippen LogP contribution in [-0.4, -0.2) is 43.5 Å². The molecule has 0 aromatic heterocycles. The molecule has 168 valence electrons. The summed E-state index contributed by atoms with van der Waals surface area (Å²) >= 11 is 0. The van der Waals surface area contributed by atoms with E-state index in [1.54, 1.807) is 19.1 Å². The Kier molecular flexibility index (Phi) is 9.38. The summed E-state index contributed by atoms with van der Waals surface area (Å²) in [5, 5.41) is 2.87. The molecule has 2 amide bonds. The maximum Gasteiger partial charge on any atom is 0.242 e. The van der Waals surface area contributed by atoms with Crippen molar-refractivity contribution in [3.8, 4) is 11.5 Å². The SMILES string of the molecule is CCNC(=O)[C@@H](CC)N(Cc1ccc(C)cc1)C(=O)CCc1ccc(OC)c(OC)c1. The zero-order valence-electron chi connectivity index (χ0n) is 19.2. The Hall–Kier alpha value is -3.02. The third-order valence-electron chi connectivity index (χ3n) is 5.29. The summed E-state index contributed by atoms with van der Waals surface area (Å²) < 4.78 is 10.6. The predicted molar refractivity (Wildman–Crippen MR) is 122 cm³/mol. The third kappa shape index (κ3) is 6.74. The summed E-state index contributed by atoms with van der Waals surface area (Å²) in [6.07, 6.45) is 1.41. The number of rotatable bonds is 11. The number of nitrogens with one attached hydrogen (secondary N) is 1. The summed E-state index contributed by atoms with van der Waals surface area (Å²) in [5.74, 6) is 1.13. The van der Waals surface area contributed by atoms with E-state index in [1.165, 1.54) is 0 Å². The number of likely N-dealkylation sites (N-methyl/N-ethyl adjacent to an activating group) is 1. The van der Waals surface area contributed by atoms with E-state index >= 15 is 0 Å². The summed E-state index contributed by atoms with van der Waals surface area (Å²) in [7, 11) is 3.19. The zero-order valence-corrected chi connectivity index (χ0v) is 19.2. The highest BCUT2D eigenvalue weighted by atomic mass is 16.5. The predicted octanol–water partition coefficient (Wildman–Crippen LogP) is 3.89. The minimum Gasteiger partial charge on any atom is -0.493 e. The molecule has 0 aliphatic heterocycles. The second-order valence-electron chi connectivity index (χ2n) is 7.52. The van der Waals surface area contributed by atoms with Crippen LogP contribution in [-0.2, 0) is 22.6 Å². The lowest BCUT2D eigenvalue weighted by Gasteiger charge is -2.30. The Bertz CT molecular complexity index is 864. The van der Waals surface area contributed by atoms with Gasteiger partial charge in [0.25, 0.3) is 0 Å². The Balaban J connectivity index is 2.20. The van der Waals surface area contributed by atoms with Gasteiger partial charge >= 0.3 is 0 Å². The van der Waals surface area contributed by atoms with E-state index in [0.717, 1.165) is 16.7 Å². The van der Waals surface area contributed by atoms with Gasteiger partial charge in [0.05, 0.1) is 14.2 Å². The lowest BCUT2D eigenvalue weighted by Crippen LogP contribution is -2.49. The second-order valence-corrected chi connectivity index (χ2v) is 7.52. The third-order valence-corrected chi connectivity index (χ3v) is 5.29. The number of hydrogen-bond donors (Lipinski definition) is 1. The maximum atomic E-state index is 13.3. The van der Waals surface area contributed by atoms with Crippen molar-refractivity contribution in [1.29, 1.82) is 0 Å². The number of ether oxygens (including phenoxy) is 2. The van der Waals surface area contributed by atoms with Crippen LogP contribution in [0.2, 0.25) is 0 Å². The maximum absolute atomic E-state index is 13.3. The van der Waals surface area contributed by atoms with E-state index in [1.807, 2.05) is 63.2 Å². The molecule has 2 aromatic carbocycles. The highest BCUT2D eigenvalue weighted by molar-refractivity contribution is 5.87. The minimum absolute atomic E-state index is 0.0477. The number of carbonyl (C=O) groups is 2. The van der Waals surface area contributed by atoms with Gasteiger partial charge in [0, 0.05) is 19.5 Å². The van der Waals surface area contributed by atoms with Crippen molar-refractivity contribution >= 4 is 11.8 Å². The molecule has 6 nitrogen and oxygen atoms in total. The highest BCUT2D eigenvalue weighted by Gasteiger charge is 2.28. The van der Waals surface area contributed by atoms with Gasteiger partial charge in [-0.1, -0.05) is 42.8 Å². The average molecular weight is 427 g/mol. The molecular formula is C25H34N2O4. The van der Waals surface area contributed by atoms with Crippen LogP contribution in [0.3, 0.4) is 0 Å². The first kappa shape index (κ1) is 24.3. The number of carbonyl (C=O) groups excluding carboxylic acids is 2. The summed E-state index contributed by atoms with van der Waals surface area (Å²) in [6.45, 7) is 6.78. The van der Waals surface area contributed by atoms with E-state index in [9.17, 15) is 9.59 Å². The number of aryl methyl sites for hydroxylation is 2. The van der Waals surface area contributed by atoms with Crippen LogP contribution in [0.4, 0.5) is 0 Å². The van der Waals surface area contributed by atoms with Gasteiger partial charge in [-0.2, -0.15) is 0 Å². The molecule has 0 aliphatic carbocycles. The van der Waals surface area contributed by atoms with Crippen LogP contribution in [0.15, 0.2) is 42.5 Å². The van der Waals surface area contributed by atoms with Gasteiger partial charge in [0.1, 0.15) is 6.04 Å².